The van der Waals surface area contributed by atoms with Gasteiger partial charge < -0.3 is 14.6 Å². The molecule has 1 aliphatic rings. The van der Waals surface area contributed by atoms with E-state index in [1.807, 2.05) is 6.07 Å². The van der Waals surface area contributed by atoms with Gasteiger partial charge in [-0.25, -0.2) is 0 Å². The van der Waals surface area contributed by atoms with E-state index >= 15 is 0 Å². The fourth-order valence-corrected chi connectivity index (χ4v) is 3.05. The molecule has 120 valence electrons. The maximum absolute atomic E-state index is 12.5. The highest BCUT2D eigenvalue weighted by Gasteiger charge is 2.28. The van der Waals surface area contributed by atoms with Crippen molar-refractivity contribution in [3.05, 3.63) is 46.8 Å². The number of para-hydroxylation sites is 1. The molecule has 2 aromatic rings. The zero-order valence-electron chi connectivity index (χ0n) is 12.6. The lowest BCUT2D eigenvalue weighted by atomic mass is 9.98. The number of aliphatic carboxylic acids is 1. The average Bonchev–Trinajstić information content (AvgIpc) is 2.57. The number of carbonyl (C=O) groups is 2. The van der Waals surface area contributed by atoms with Crippen molar-refractivity contribution < 1.29 is 14.7 Å². The first-order valence-corrected chi connectivity index (χ1v) is 7.65. The van der Waals surface area contributed by atoms with Gasteiger partial charge in [-0.1, -0.05) is 12.1 Å². The van der Waals surface area contributed by atoms with Crippen molar-refractivity contribution in [2.75, 3.05) is 13.1 Å². The smallest absolute Gasteiger partial charge is 0.308 e. The number of pyridine rings is 1. The van der Waals surface area contributed by atoms with Crippen molar-refractivity contribution in [1.82, 2.24) is 9.47 Å². The van der Waals surface area contributed by atoms with Gasteiger partial charge in [0.2, 0.25) is 5.91 Å². The Morgan fingerprint density at radius 2 is 2.00 bits per heavy atom. The van der Waals surface area contributed by atoms with Crippen molar-refractivity contribution >= 4 is 22.8 Å². The van der Waals surface area contributed by atoms with Crippen molar-refractivity contribution in [2.45, 2.75) is 19.4 Å². The largest absolute Gasteiger partial charge is 0.481 e. The zero-order valence-corrected chi connectivity index (χ0v) is 12.6. The number of benzene rings is 1. The minimum atomic E-state index is -0.851. The molecule has 0 unspecified atom stereocenters. The first-order chi connectivity index (χ1) is 11.1. The Labute approximate surface area is 132 Å². The highest BCUT2D eigenvalue weighted by molar-refractivity contribution is 5.82. The van der Waals surface area contributed by atoms with Crippen molar-refractivity contribution in [3.8, 4) is 0 Å². The van der Waals surface area contributed by atoms with E-state index in [4.69, 9.17) is 5.11 Å². The first-order valence-electron chi connectivity index (χ1n) is 7.65. The van der Waals surface area contributed by atoms with E-state index < -0.39 is 11.9 Å². The summed E-state index contributed by atoms with van der Waals surface area (Å²) in [6.07, 6.45) is 2.93. The topological polar surface area (TPSA) is 79.6 Å². The summed E-state index contributed by atoms with van der Waals surface area (Å²) in [5, 5.41) is 9.70. The van der Waals surface area contributed by atoms with Gasteiger partial charge in [0, 0.05) is 30.7 Å². The summed E-state index contributed by atoms with van der Waals surface area (Å²) in [7, 11) is 0. The summed E-state index contributed by atoms with van der Waals surface area (Å²) in [5.74, 6) is -1.46. The Morgan fingerprint density at radius 3 is 2.78 bits per heavy atom. The quantitative estimate of drug-likeness (QED) is 0.927. The fraction of sp³-hybridized carbons (Fsp3) is 0.353. The highest BCUT2D eigenvalue weighted by atomic mass is 16.4. The van der Waals surface area contributed by atoms with Gasteiger partial charge >= 0.3 is 5.97 Å². The molecule has 6 nitrogen and oxygen atoms in total. The molecule has 1 N–H and O–H groups in total. The van der Waals surface area contributed by atoms with Crippen molar-refractivity contribution in [1.29, 1.82) is 0 Å². The Morgan fingerprint density at radius 1 is 1.22 bits per heavy atom. The highest BCUT2D eigenvalue weighted by Crippen LogP contribution is 2.17. The molecule has 0 saturated carbocycles. The number of hydrogen-bond acceptors (Lipinski definition) is 3. The molecule has 1 fully saturated rings. The molecule has 6 heteroatoms. The molecule has 1 aromatic carbocycles. The molecule has 2 heterocycles. The Hall–Kier alpha value is -2.63. The Balaban J connectivity index is 1.82. The van der Waals surface area contributed by atoms with Gasteiger partial charge in [0.15, 0.2) is 5.43 Å². The second-order valence-corrected chi connectivity index (χ2v) is 5.84. The molecule has 0 bridgehead atoms. The monoisotopic (exact) mass is 314 g/mol. The van der Waals surface area contributed by atoms with Crippen LogP contribution in [0.25, 0.3) is 10.9 Å². The Bertz CT molecular complexity index is 812. The molecule has 1 amide bonds. The predicted octanol–water partition coefficient (Wildman–Crippen LogP) is 1.32. The molecule has 23 heavy (non-hydrogen) atoms. The summed E-state index contributed by atoms with van der Waals surface area (Å²) in [4.78, 5) is 37.1. The molecule has 1 aromatic heterocycles. The van der Waals surface area contributed by atoms with Gasteiger partial charge in [0.25, 0.3) is 0 Å². The number of carboxylic acid groups (broad SMARTS) is 1. The molecule has 1 saturated heterocycles. The van der Waals surface area contributed by atoms with Crippen molar-refractivity contribution in [2.24, 2.45) is 5.92 Å². The molecule has 0 aliphatic carbocycles. The summed E-state index contributed by atoms with van der Waals surface area (Å²) in [6, 6.07) is 8.61. The van der Waals surface area contributed by atoms with Crippen LogP contribution in [-0.4, -0.2) is 39.5 Å². The summed E-state index contributed by atoms with van der Waals surface area (Å²) >= 11 is 0. The molecule has 0 radical (unpaired) electrons. The maximum Gasteiger partial charge on any atom is 0.308 e. The lowest BCUT2D eigenvalue weighted by molar-refractivity contribution is -0.145. The van der Waals surface area contributed by atoms with E-state index in [0.29, 0.717) is 30.3 Å². The van der Waals surface area contributed by atoms with Crippen LogP contribution in [0, 0.1) is 5.92 Å². The number of nitrogens with zero attached hydrogens (tertiary/aromatic N) is 2. The second-order valence-electron chi connectivity index (χ2n) is 5.84. The number of carbonyl (C=O) groups excluding carboxylic acids is 1. The number of aromatic nitrogens is 1. The van der Waals surface area contributed by atoms with E-state index in [1.165, 1.54) is 6.07 Å². The van der Waals surface area contributed by atoms with Gasteiger partial charge in [0.1, 0.15) is 6.54 Å². The molecular weight excluding hydrogens is 296 g/mol. The number of carboxylic acids is 1. The SMILES string of the molecule is O=C(O)[C@@H]1CCCN(C(=O)Cn2ccc(=O)c3ccccc32)C1. The third-order valence-corrected chi connectivity index (χ3v) is 4.31. The van der Waals surface area contributed by atoms with E-state index in [0.717, 1.165) is 0 Å². The molecular formula is C17H18N2O4. The number of rotatable bonds is 3. The maximum atomic E-state index is 12.5. The number of piperidine rings is 1. The molecule has 3 rings (SSSR count). The molecule has 1 aliphatic heterocycles. The van der Waals surface area contributed by atoms with Crippen LogP contribution in [0.4, 0.5) is 0 Å². The summed E-state index contributed by atoms with van der Waals surface area (Å²) in [6.45, 7) is 0.945. The van der Waals surface area contributed by atoms with E-state index in [-0.39, 0.29) is 24.4 Å². The minimum Gasteiger partial charge on any atom is -0.481 e. The van der Waals surface area contributed by atoms with E-state index in [9.17, 15) is 14.4 Å². The van der Waals surface area contributed by atoms with Crippen LogP contribution in [0.2, 0.25) is 0 Å². The standard InChI is InChI=1S/C17H18N2O4/c20-15-7-9-18(14-6-2-1-5-13(14)15)11-16(21)19-8-3-4-12(10-19)17(22)23/h1-2,5-7,9,12H,3-4,8,10-11H2,(H,22,23)/t12-/m1/s1. The second kappa shape index (κ2) is 6.24. The molecule has 1 atom stereocenters. The number of hydrogen-bond donors (Lipinski definition) is 1. The van der Waals surface area contributed by atoms with Gasteiger partial charge in [-0.15, -0.1) is 0 Å². The van der Waals surface area contributed by atoms with Crippen LogP contribution in [0.3, 0.4) is 0 Å². The van der Waals surface area contributed by atoms with Crippen LogP contribution >= 0.6 is 0 Å². The van der Waals surface area contributed by atoms with Gasteiger partial charge in [0.05, 0.1) is 11.4 Å². The van der Waals surface area contributed by atoms with E-state index in [2.05, 4.69) is 0 Å². The van der Waals surface area contributed by atoms with Gasteiger partial charge in [-0.05, 0) is 25.0 Å². The van der Waals surface area contributed by atoms with Crippen LogP contribution < -0.4 is 5.43 Å². The predicted molar refractivity (Wildman–Crippen MR) is 85.1 cm³/mol. The lowest BCUT2D eigenvalue weighted by Crippen LogP contribution is -2.43. The lowest BCUT2D eigenvalue weighted by Gasteiger charge is -2.31. The number of fused-ring (bicyclic) bond motifs is 1. The third kappa shape index (κ3) is 3.11. The first kappa shape index (κ1) is 15.3. The Kier molecular flexibility index (Phi) is 4.14. The fourth-order valence-electron chi connectivity index (χ4n) is 3.05. The van der Waals surface area contributed by atoms with Crippen LogP contribution in [-0.2, 0) is 16.1 Å². The van der Waals surface area contributed by atoms with E-state index in [1.54, 1.807) is 33.9 Å². The van der Waals surface area contributed by atoms with Gasteiger partial charge in [-0.3, -0.25) is 14.4 Å². The van der Waals surface area contributed by atoms with Crippen molar-refractivity contribution in [3.63, 3.8) is 0 Å². The molecule has 0 spiro atoms. The normalized spacial score (nSPS) is 18.1. The third-order valence-electron chi connectivity index (χ3n) is 4.31. The van der Waals surface area contributed by atoms with Crippen LogP contribution in [0.5, 0.6) is 0 Å². The van der Waals surface area contributed by atoms with Crippen LogP contribution in [0.15, 0.2) is 41.3 Å². The number of amides is 1. The zero-order chi connectivity index (χ0) is 16.4. The van der Waals surface area contributed by atoms with Crippen LogP contribution in [0.1, 0.15) is 12.8 Å². The summed E-state index contributed by atoms with van der Waals surface area (Å²) in [5.41, 5.74) is 0.633. The number of likely N-dealkylation sites (tertiary alicyclic amines) is 1. The minimum absolute atomic E-state index is 0.0757. The summed E-state index contributed by atoms with van der Waals surface area (Å²) < 4.78 is 1.74. The van der Waals surface area contributed by atoms with Gasteiger partial charge in [-0.2, -0.15) is 0 Å². The average molecular weight is 314 g/mol.